The standard InChI is InChI=1S/C15H12O2.C11H20O2.C10H10O2.C6H10O3.C6H10O2.2C5H5F3O2.C5H8O4.C5H8O2/c16-14(12-7-3-1-4-8-12)11-15(17)13-9-5-2-6-10-13;1-10(2,3)8(12)7-9(13)11(4,5)6;1-8(11)7-10(12)9-5-3-2-4-6-9;1-3-9-6(8)4-5(2)7;1-4(5(2)7)6(3)8;2*1-3(9)2-4(10)5(6,7)8;1-9-5(8)2-4(7)3-6;1-4(6)3-5(2)7/h1-10H,11H2;7H2,1-6H3;2-6H,7H2,1H3;3-4H2,1-2H3;4H,1-3H3;2*2H2,1H3;6H,2-3H2,1H3;3H2,1-2H3. The van der Waals surface area contributed by atoms with Crippen LogP contribution in [0.4, 0.5) is 26.3 Å². The molecule has 0 radical (unpaired) electrons. The maximum atomic E-state index is 11.8. The molecule has 3 aromatic rings. The molecule has 0 saturated heterocycles. The number of aliphatic hydroxyl groups is 1. The first-order valence-electron chi connectivity index (χ1n) is 28.6. The summed E-state index contributed by atoms with van der Waals surface area (Å²) in [6, 6.07) is 26.6. The van der Waals surface area contributed by atoms with E-state index in [1.54, 1.807) is 86.6 Å². The van der Waals surface area contributed by atoms with E-state index in [1.807, 2.05) is 59.7 Å². The van der Waals surface area contributed by atoms with Gasteiger partial charge < -0.3 is 14.6 Å². The topological polar surface area (TPSA) is 346 Å². The lowest BCUT2D eigenvalue weighted by atomic mass is 9.82. The summed E-state index contributed by atoms with van der Waals surface area (Å²) in [4.78, 5) is 190. The van der Waals surface area contributed by atoms with Gasteiger partial charge in [-0.15, -0.1) is 0 Å². The van der Waals surface area contributed by atoms with Gasteiger partial charge in [0.05, 0.1) is 58.2 Å². The van der Waals surface area contributed by atoms with Gasteiger partial charge in [0.15, 0.2) is 23.1 Å². The van der Waals surface area contributed by atoms with E-state index >= 15 is 0 Å². The summed E-state index contributed by atoms with van der Waals surface area (Å²) in [7, 11) is 1.19. The van der Waals surface area contributed by atoms with E-state index in [0.29, 0.717) is 23.3 Å². The summed E-state index contributed by atoms with van der Waals surface area (Å²) in [6.45, 7) is 24.4. The van der Waals surface area contributed by atoms with Gasteiger partial charge in [-0.1, -0.05) is 133 Å². The number of halogens is 6. The van der Waals surface area contributed by atoms with Gasteiger partial charge in [-0.25, -0.2) is 0 Å². The maximum Gasteiger partial charge on any atom is 0.450 e. The molecule has 0 spiro atoms. The van der Waals surface area contributed by atoms with E-state index in [4.69, 9.17) is 5.11 Å². The minimum Gasteiger partial charge on any atom is -0.469 e. The van der Waals surface area contributed by atoms with Crippen LogP contribution < -0.4 is 0 Å². The monoisotopic (exact) mass is 1350 g/mol. The van der Waals surface area contributed by atoms with Gasteiger partial charge in [-0.3, -0.25) is 86.3 Å². The quantitative estimate of drug-likeness (QED) is 0.0399. The van der Waals surface area contributed by atoms with Crippen LogP contribution in [0.3, 0.4) is 0 Å². The number of alkyl halides is 6. The number of esters is 2. The molecule has 0 unspecified atom stereocenters. The average Bonchev–Trinajstić information content (AvgIpc) is 1.09. The lowest BCUT2D eigenvalue weighted by molar-refractivity contribution is -0.171. The van der Waals surface area contributed by atoms with Crippen LogP contribution in [-0.2, 0) is 81.4 Å². The molecule has 3 rings (SSSR count). The van der Waals surface area contributed by atoms with Crippen LogP contribution in [0, 0.1) is 16.7 Å². The van der Waals surface area contributed by atoms with Gasteiger partial charge in [-0.2, -0.15) is 26.3 Å². The van der Waals surface area contributed by atoms with Crippen molar-refractivity contribution in [2.24, 2.45) is 16.7 Å². The molecule has 0 bridgehead atoms. The molecule has 0 aliphatic carbocycles. The molecule has 1 N–H and O–H groups in total. The van der Waals surface area contributed by atoms with Crippen LogP contribution in [0.25, 0.3) is 0 Å². The Balaban J connectivity index is -0.000000238. The third kappa shape index (κ3) is 60.8. The predicted octanol–water partition coefficient (Wildman–Crippen LogP) is 10.8. The minimum absolute atomic E-state index is 0.00398. The molecule has 0 aliphatic rings. The van der Waals surface area contributed by atoms with Crippen LogP contribution >= 0.6 is 0 Å². The first kappa shape index (κ1) is 96.9. The molecule has 21 nitrogen and oxygen atoms in total. The highest BCUT2D eigenvalue weighted by Crippen LogP contribution is 2.23. The Morgan fingerprint density at radius 1 is 0.379 bits per heavy atom. The Labute approximate surface area is 549 Å². The van der Waals surface area contributed by atoms with Crippen molar-refractivity contribution in [2.75, 3.05) is 20.3 Å². The molecular weight excluding hydrogens is 1270 g/mol. The highest BCUT2D eigenvalue weighted by atomic mass is 19.4. The lowest BCUT2D eigenvalue weighted by Crippen LogP contribution is -2.28. The third-order valence-electron chi connectivity index (χ3n) is 10.6. The van der Waals surface area contributed by atoms with Crippen LogP contribution in [-0.4, -0.2) is 142 Å². The number of rotatable bonds is 23. The fourth-order valence-electron chi connectivity index (χ4n) is 5.22. The van der Waals surface area contributed by atoms with Gasteiger partial charge >= 0.3 is 24.3 Å². The minimum atomic E-state index is -4.87. The number of ketones is 16. The molecule has 0 aliphatic heterocycles. The van der Waals surface area contributed by atoms with Crippen LogP contribution in [0.2, 0.25) is 0 Å². The smallest absolute Gasteiger partial charge is 0.450 e. The second-order valence-corrected chi connectivity index (χ2v) is 22.2. The number of aliphatic hydroxyl groups excluding tert-OH is 1. The highest BCUT2D eigenvalue weighted by molar-refractivity contribution is 6.13. The number of benzene rings is 3. The van der Waals surface area contributed by atoms with E-state index in [-0.39, 0.29) is 102 Å². The van der Waals surface area contributed by atoms with E-state index in [1.165, 1.54) is 48.7 Å². The Morgan fingerprint density at radius 2 is 0.653 bits per heavy atom. The summed E-state index contributed by atoms with van der Waals surface area (Å²) in [5, 5.41) is 8.12. The van der Waals surface area contributed by atoms with Gasteiger partial charge in [0.25, 0.3) is 0 Å². The van der Waals surface area contributed by atoms with Crippen molar-refractivity contribution in [3.8, 4) is 0 Å². The number of carbonyl (C=O) groups is 18. The zero-order valence-corrected chi connectivity index (χ0v) is 56.7. The Hall–Kier alpha value is -9.14. The largest absolute Gasteiger partial charge is 0.469 e. The van der Waals surface area contributed by atoms with E-state index in [9.17, 15) is 113 Å². The van der Waals surface area contributed by atoms with Gasteiger partial charge in [0.1, 0.15) is 77.3 Å². The van der Waals surface area contributed by atoms with Crippen molar-refractivity contribution in [3.63, 3.8) is 0 Å². The maximum absolute atomic E-state index is 11.8. The van der Waals surface area contributed by atoms with Gasteiger partial charge in [0.2, 0.25) is 11.6 Å². The van der Waals surface area contributed by atoms with Crippen molar-refractivity contribution in [1.82, 2.24) is 0 Å². The predicted molar refractivity (Wildman–Crippen MR) is 336 cm³/mol. The van der Waals surface area contributed by atoms with Crippen molar-refractivity contribution < 1.29 is 127 Å². The summed E-state index contributed by atoms with van der Waals surface area (Å²) in [6.07, 6.45) is -12.2. The molecular formula is C68H88F6O21. The molecule has 0 aromatic heterocycles. The first-order chi connectivity index (χ1) is 43.2. The van der Waals surface area contributed by atoms with Gasteiger partial charge in [-0.05, 0) is 69.2 Å². The Morgan fingerprint density at radius 3 is 0.832 bits per heavy atom. The summed E-state index contributed by atoms with van der Waals surface area (Å²) >= 11 is 0. The van der Waals surface area contributed by atoms with Crippen molar-refractivity contribution >= 4 is 104 Å². The van der Waals surface area contributed by atoms with Gasteiger partial charge in [0, 0.05) is 27.5 Å². The Bertz CT molecular complexity index is 2870. The number of Topliss-reactive ketones (excluding diaryl/α,β-unsaturated/α-hetero) is 16. The second kappa shape index (κ2) is 51.3. The molecule has 528 valence electrons. The van der Waals surface area contributed by atoms with Crippen LogP contribution in [0.1, 0.15) is 193 Å². The molecule has 0 saturated carbocycles. The molecule has 3 aromatic carbocycles. The molecule has 95 heavy (non-hydrogen) atoms. The number of carbonyl (C=O) groups excluding carboxylic acids is 18. The zero-order chi connectivity index (χ0) is 75.8. The molecule has 27 heteroatoms. The van der Waals surface area contributed by atoms with E-state index < -0.39 is 89.4 Å². The number of methoxy groups -OCH3 is 1. The Kier molecular flexibility index (Phi) is 52.3. The summed E-state index contributed by atoms with van der Waals surface area (Å²) in [5.74, 6) is -8.35. The zero-order valence-electron chi connectivity index (χ0n) is 56.7. The lowest BCUT2D eigenvalue weighted by Gasteiger charge is -2.20. The molecule has 0 fully saturated rings. The molecule has 0 amide bonds. The molecule has 0 atom stereocenters. The fourth-order valence-corrected chi connectivity index (χ4v) is 5.22. The third-order valence-corrected chi connectivity index (χ3v) is 10.6. The number of hydrogen-bond donors (Lipinski definition) is 1. The normalized spacial score (nSPS) is 10.1. The molecule has 0 heterocycles. The number of hydrogen-bond acceptors (Lipinski definition) is 21. The first-order valence-corrected chi connectivity index (χ1v) is 28.6. The van der Waals surface area contributed by atoms with Crippen LogP contribution in [0.5, 0.6) is 0 Å². The summed E-state index contributed by atoms with van der Waals surface area (Å²) < 4.78 is 76.5. The number of ether oxygens (including phenoxy) is 2. The second-order valence-electron chi connectivity index (χ2n) is 22.2. The summed E-state index contributed by atoms with van der Waals surface area (Å²) in [5.41, 5.74) is 0.961. The average molecular weight is 1360 g/mol. The van der Waals surface area contributed by atoms with E-state index in [0.717, 1.165) is 13.8 Å². The van der Waals surface area contributed by atoms with Crippen molar-refractivity contribution in [1.29, 1.82) is 0 Å². The van der Waals surface area contributed by atoms with Crippen molar-refractivity contribution in [3.05, 3.63) is 108 Å². The fraction of sp³-hybridized carbons (Fsp3) is 0.471. The highest BCUT2D eigenvalue weighted by Gasteiger charge is 2.39. The van der Waals surface area contributed by atoms with Crippen LogP contribution in [0.15, 0.2) is 91.0 Å². The van der Waals surface area contributed by atoms with E-state index in [2.05, 4.69) is 9.47 Å². The van der Waals surface area contributed by atoms with Crippen molar-refractivity contribution in [2.45, 2.75) is 174 Å². The SMILES string of the molecule is CC(=O)C(C)C(C)=O.CC(=O)CC(=O)C(F)(F)F.CC(=O)CC(=O)C(F)(F)F.CC(=O)CC(=O)c1ccccc1.CC(=O)CC(C)=O.CC(C)(C)C(=O)CC(=O)C(C)(C)C.CCOC(=O)CC(C)=O.COC(=O)CC(=O)CO.O=C(CC(=O)c1ccccc1)c1ccccc1.